The van der Waals surface area contributed by atoms with Crippen molar-refractivity contribution in [3.63, 3.8) is 0 Å². The largest absolute Gasteiger partial charge is 0.352 e. The molecule has 2 rings (SSSR count). The average Bonchev–Trinajstić information content (AvgIpc) is 3.26. The molecule has 1 aromatic carbocycles. The van der Waals surface area contributed by atoms with Crippen molar-refractivity contribution in [1.82, 2.24) is 20.9 Å². The molecule has 4 atom stereocenters. The van der Waals surface area contributed by atoms with E-state index in [9.17, 15) is 14.4 Å². The number of likely N-dealkylation sites (N-methyl/N-ethyl adjacent to an activating group) is 1. The van der Waals surface area contributed by atoms with Gasteiger partial charge in [0, 0.05) is 24.3 Å². The maximum atomic E-state index is 12.8. The minimum atomic E-state index is -0.415. The number of hydrogen-bond acceptors (Lipinski definition) is 6. The minimum Gasteiger partial charge on any atom is -0.352 e. The summed E-state index contributed by atoms with van der Waals surface area (Å²) in [5, 5.41) is 10.6. The summed E-state index contributed by atoms with van der Waals surface area (Å²) in [5.74, 6) is -0.103. The second-order valence-corrected chi connectivity index (χ2v) is 9.58. The van der Waals surface area contributed by atoms with E-state index < -0.39 is 6.04 Å². The SMILES string of the molecule is C=CSNc1cccc(CNC(=O)C2CCC(CCCCC(C)NC(=O)C(C)NC)N2C=O)c1. The van der Waals surface area contributed by atoms with Crippen molar-refractivity contribution in [3.8, 4) is 0 Å². The van der Waals surface area contributed by atoms with E-state index >= 15 is 0 Å². The molecule has 4 N–H and O–H groups in total. The predicted molar refractivity (Wildman–Crippen MR) is 139 cm³/mol. The highest BCUT2D eigenvalue weighted by molar-refractivity contribution is 8.03. The molecule has 4 unspecified atom stereocenters. The normalized spacial score (nSPS) is 19.2. The summed E-state index contributed by atoms with van der Waals surface area (Å²) in [6.45, 7) is 7.93. The molecule has 0 radical (unpaired) electrons. The fourth-order valence-corrected chi connectivity index (χ4v) is 4.53. The number of carbonyl (C=O) groups excluding carboxylic acids is 3. The number of anilines is 1. The van der Waals surface area contributed by atoms with Crippen molar-refractivity contribution in [2.75, 3.05) is 11.8 Å². The van der Waals surface area contributed by atoms with E-state index in [2.05, 4.69) is 27.3 Å². The smallest absolute Gasteiger partial charge is 0.243 e. The first-order chi connectivity index (χ1) is 16.4. The van der Waals surface area contributed by atoms with Gasteiger partial charge in [0.2, 0.25) is 18.2 Å². The van der Waals surface area contributed by atoms with Crippen LogP contribution in [0.3, 0.4) is 0 Å². The molecule has 1 aliphatic heterocycles. The van der Waals surface area contributed by atoms with Crippen molar-refractivity contribution in [2.45, 2.75) is 83.1 Å². The highest BCUT2D eigenvalue weighted by atomic mass is 32.2. The first-order valence-electron chi connectivity index (χ1n) is 12.0. The van der Waals surface area contributed by atoms with E-state index in [0.717, 1.165) is 49.8 Å². The monoisotopic (exact) mass is 489 g/mol. The van der Waals surface area contributed by atoms with Crippen LogP contribution in [0.1, 0.15) is 57.9 Å². The van der Waals surface area contributed by atoms with Crippen LogP contribution in [0, 0.1) is 0 Å². The van der Waals surface area contributed by atoms with Crippen molar-refractivity contribution < 1.29 is 14.4 Å². The Hall–Kier alpha value is -2.52. The molecule has 9 heteroatoms. The van der Waals surface area contributed by atoms with Crippen LogP contribution >= 0.6 is 11.9 Å². The Balaban J connectivity index is 1.75. The molecule has 0 bridgehead atoms. The fraction of sp³-hybridized carbons (Fsp3) is 0.560. The Morgan fingerprint density at radius 3 is 2.76 bits per heavy atom. The molecule has 0 saturated carbocycles. The molecule has 0 aliphatic carbocycles. The number of likely N-dealkylation sites (tertiary alicyclic amines) is 1. The Bertz CT molecular complexity index is 821. The van der Waals surface area contributed by atoms with Gasteiger partial charge < -0.3 is 25.6 Å². The summed E-state index contributed by atoms with van der Waals surface area (Å²) in [6.07, 6.45) is 6.00. The van der Waals surface area contributed by atoms with Gasteiger partial charge in [-0.2, -0.15) is 0 Å². The van der Waals surface area contributed by atoms with Crippen LogP contribution in [0.2, 0.25) is 0 Å². The molecular weight excluding hydrogens is 450 g/mol. The zero-order chi connectivity index (χ0) is 24.9. The molecule has 188 valence electrons. The molecule has 8 nitrogen and oxygen atoms in total. The number of nitrogens with zero attached hydrogens (tertiary/aromatic N) is 1. The second-order valence-electron chi connectivity index (χ2n) is 8.81. The topological polar surface area (TPSA) is 103 Å². The summed E-state index contributed by atoms with van der Waals surface area (Å²) in [4.78, 5) is 38.2. The quantitative estimate of drug-likeness (QED) is 0.171. The summed E-state index contributed by atoms with van der Waals surface area (Å²) >= 11 is 1.39. The summed E-state index contributed by atoms with van der Waals surface area (Å²) in [5.41, 5.74) is 1.93. The molecule has 34 heavy (non-hydrogen) atoms. The van der Waals surface area contributed by atoms with E-state index in [4.69, 9.17) is 0 Å². The second kappa shape index (κ2) is 14.7. The van der Waals surface area contributed by atoms with Crippen LogP contribution in [0.4, 0.5) is 5.69 Å². The zero-order valence-electron chi connectivity index (χ0n) is 20.5. The Morgan fingerprint density at radius 2 is 2.06 bits per heavy atom. The van der Waals surface area contributed by atoms with Crippen LogP contribution in [0.15, 0.2) is 36.3 Å². The van der Waals surface area contributed by atoms with Gasteiger partial charge >= 0.3 is 0 Å². The molecule has 1 heterocycles. The number of nitrogens with one attached hydrogen (secondary N) is 4. The number of carbonyl (C=O) groups is 3. The van der Waals surface area contributed by atoms with E-state index in [1.54, 1.807) is 17.4 Å². The van der Waals surface area contributed by atoms with Crippen LogP contribution in [-0.2, 0) is 20.9 Å². The third-order valence-electron chi connectivity index (χ3n) is 6.27. The summed E-state index contributed by atoms with van der Waals surface area (Å²) < 4.78 is 3.16. The van der Waals surface area contributed by atoms with Gasteiger partial charge in [-0.1, -0.05) is 31.6 Å². The maximum absolute atomic E-state index is 12.8. The van der Waals surface area contributed by atoms with Crippen LogP contribution in [0.5, 0.6) is 0 Å². The van der Waals surface area contributed by atoms with E-state index in [0.29, 0.717) is 13.0 Å². The van der Waals surface area contributed by atoms with E-state index in [-0.39, 0.29) is 29.9 Å². The third kappa shape index (κ3) is 8.68. The number of amides is 3. The molecule has 1 fully saturated rings. The van der Waals surface area contributed by atoms with Gasteiger partial charge in [0.05, 0.1) is 6.04 Å². The molecule has 1 aromatic rings. The molecule has 3 amide bonds. The van der Waals surface area contributed by atoms with Gasteiger partial charge in [-0.25, -0.2) is 0 Å². The lowest BCUT2D eigenvalue weighted by Gasteiger charge is -2.26. The number of unbranched alkanes of at least 4 members (excludes halogenated alkanes) is 1. The fourth-order valence-electron chi connectivity index (χ4n) is 4.19. The Kier molecular flexibility index (Phi) is 12.0. The lowest BCUT2D eigenvalue weighted by molar-refractivity contribution is -0.132. The molecule has 1 saturated heterocycles. The van der Waals surface area contributed by atoms with Gasteiger partial charge in [0.15, 0.2) is 0 Å². The molecule has 0 spiro atoms. The van der Waals surface area contributed by atoms with Crippen molar-refractivity contribution in [3.05, 3.63) is 41.8 Å². The number of hydrogen-bond donors (Lipinski definition) is 4. The van der Waals surface area contributed by atoms with Crippen molar-refractivity contribution >= 4 is 35.9 Å². The third-order valence-corrected chi connectivity index (χ3v) is 6.79. The summed E-state index contributed by atoms with van der Waals surface area (Å²) in [6, 6.07) is 7.40. The molecule has 0 aromatic heterocycles. The van der Waals surface area contributed by atoms with E-state index in [1.807, 2.05) is 38.1 Å². The predicted octanol–water partition coefficient (Wildman–Crippen LogP) is 3.17. The summed E-state index contributed by atoms with van der Waals surface area (Å²) in [7, 11) is 1.77. The van der Waals surface area contributed by atoms with Gasteiger partial charge in [0.1, 0.15) is 6.04 Å². The lowest BCUT2D eigenvalue weighted by Crippen LogP contribution is -2.45. The van der Waals surface area contributed by atoms with E-state index in [1.165, 1.54) is 11.9 Å². The van der Waals surface area contributed by atoms with Gasteiger partial charge in [-0.15, -0.1) is 0 Å². The highest BCUT2D eigenvalue weighted by Gasteiger charge is 2.36. The van der Waals surface area contributed by atoms with Gasteiger partial charge in [-0.3, -0.25) is 14.4 Å². The first-order valence-corrected chi connectivity index (χ1v) is 12.9. The first kappa shape index (κ1) is 27.7. The minimum absolute atomic E-state index is 0.00502. The standard InChI is InChI=1S/C25H39N5O3S/c1-5-34-29-21-11-8-10-20(15-21)16-27-25(33)23-14-13-22(30(23)17-31)12-7-6-9-18(2)28-24(32)19(3)26-4/h5,8,10-11,15,17-19,22-23,26,29H,1,6-7,9,12-14,16H2,2-4H3,(H,27,33)(H,28,32). The number of benzene rings is 1. The Morgan fingerprint density at radius 1 is 1.26 bits per heavy atom. The van der Waals surface area contributed by atoms with Gasteiger partial charge in [0.25, 0.3) is 0 Å². The zero-order valence-corrected chi connectivity index (χ0v) is 21.3. The molecular formula is C25H39N5O3S. The van der Waals surface area contributed by atoms with Crippen LogP contribution < -0.4 is 20.7 Å². The van der Waals surface area contributed by atoms with Gasteiger partial charge in [-0.05, 0) is 81.6 Å². The lowest BCUT2D eigenvalue weighted by atomic mass is 10.0. The highest BCUT2D eigenvalue weighted by Crippen LogP contribution is 2.27. The number of rotatable bonds is 15. The molecule has 1 aliphatic rings. The van der Waals surface area contributed by atoms with Crippen LogP contribution in [-0.4, -0.2) is 54.3 Å². The van der Waals surface area contributed by atoms with Crippen molar-refractivity contribution in [1.29, 1.82) is 0 Å². The maximum Gasteiger partial charge on any atom is 0.243 e. The Labute approximate surface area is 207 Å². The van der Waals surface area contributed by atoms with Crippen LogP contribution in [0.25, 0.3) is 0 Å². The average molecular weight is 490 g/mol. The van der Waals surface area contributed by atoms with Crippen molar-refractivity contribution in [2.24, 2.45) is 0 Å².